The maximum atomic E-state index is 12.7. The lowest BCUT2D eigenvalue weighted by molar-refractivity contribution is 0.372. The van der Waals surface area contributed by atoms with Gasteiger partial charge < -0.3 is 5.11 Å². The molecule has 0 spiro atoms. The van der Waals surface area contributed by atoms with Gasteiger partial charge in [0, 0.05) is 11.6 Å². The molecule has 0 radical (unpaired) electrons. The summed E-state index contributed by atoms with van der Waals surface area (Å²) in [5.74, 6) is -0.350. The number of hydrogen-bond donors (Lipinski definition) is 1. The number of azo groups is 1. The molecule has 1 N–H and O–H groups in total. The van der Waals surface area contributed by atoms with Gasteiger partial charge in [0.2, 0.25) is 5.88 Å². The molecule has 1 atom stereocenters. The van der Waals surface area contributed by atoms with Gasteiger partial charge in [0.15, 0.2) is 5.69 Å². The summed E-state index contributed by atoms with van der Waals surface area (Å²) in [5.41, 5.74) is 0.764. The Balaban J connectivity index is 2.60. The van der Waals surface area contributed by atoms with Crippen molar-refractivity contribution in [2.24, 2.45) is 10.2 Å². The zero-order valence-corrected chi connectivity index (χ0v) is 14.2. The Bertz CT molecular complexity index is 959. The first-order chi connectivity index (χ1) is 11.9. The van der Waals surface area contributed by atoms with E-state index in [2.05, 4.69) is 10.2 Å². The van der Waals surface area contributed by atoms with E-state index in [0.29, 0.717) is 17.7 Å². The van der Waals surface area contributed by atoms with Crippen LogP contribution in [0.1, 0.15) is 43.0 Å². The van der Waals surface area contributed by atoms with E-state index in [1.807, 2.05) is 19.1 Å². The van der Waals surface area contributed by atoms with Crippen molar-refractivity contribution in [1.82, 2.24) is 4.57 Å². The second-order valence-corrected chi connectivity index (χ2v) is 5.58. The summed E-state index contributed by atoms with van der Waals surface area (Å²) < 4.78 is 1.17. The maximum absolute atomic E-state index is 12.7. The van der Waals surface area contributed by atoms with Crippen LogP contribution in [0.25, 0.3) is 0 Å². The lowest BCUT2D eigenvalue weighted by Crippen LogP contribution is -2.24. The van der Waals surface area contributed by atoms with Crippen LogP contribution in [0.4, 0.5) is 11.4 Å². The van der Waals surface area contributed by atoms with Crippen LogP contribution in [0.3, 0.4) is 0 Å². The Hall–Kier alpha value is -3.45. The highest BCUT2D eigenvalue weighted by atomic mass is 16.3. The van der Waals surface area contributed by atoms with Gasteiger partial charge in [-0.25, -0.2) is 0 Å². The highest BCUT2D eigenvalue weighted by Crippen LogP contribution is 2.29. The molecule has 126 valence electrons. The van der Waals surface area contributed by atoms with Crippen LogP contribution >= 0.6 is 0 Å². The maximum Gasteiger partial charge on any atom is 0.281 e. The number of benzene rings is 1. The Morgan fingerprint density at radius 3 is 2.36 bits per heavy atom. The zero-order chi connectivity index (χ0) is 18.6. The van der Waals surface area contributed by atoms with E-state index in [-0.39, 0.29) is 28.7 Å². The molecule has 0 saturated heterocycles. The minimum absolute atomic E-state index is 0.00804. The Labute approximate surface area is 145 Å². The van der Waals surface area contributed by atoms with Gasteiger partial charge >= 0.3 is 0 Å². The standard InChI is InChI=1S/C18H17N5O2/c1-4-11(2)23-17(24)15(10-20)12(3)16(18(23)25)22-21-14-7-5-13(9-19)6-8-14/h5-8,11,24H,4H2,1-3H3. The first kappa shape index (κ1) is 17.9. The fourth-order valence-corrected chi connectivity index (χ4v) is 2.33. The van der Waals surface area contributed by atoms with Crippen LogP contribution in [-0.2, 0) is 0 Å². The van der Waals surface area contributed by atoms with Crippen LogP contribution in [0.5, 0.6) is 5.88 Å². The highest BCUT2D eigenvalue weighted by Gasteiger charge is 2.21. The molecule has 1 aromatic carbocycles. The average Bonchev–Trinajstić information content (AvgIpc) is 2.62. The highest BCUT2D eigenvalue weighted by molar-refractivity contribution is 5.57. The van der Waals surface area contributed by atoms with Crippen LogP contribution < -0.4 is 5.56 Å². The number of nitriles is 2. The van der Waals surface area contributed by atoms with Gasteiger partial charge in [0.25, 0.3) is 5.56 Å². The molecule has 2 aromatic rings. The first-order valence-electron chi connectivity index (χ1n) is 7.74. The Kier molecular flexibility index (Phi) is 5.31. The number of hydrogen-bond acceptors (Lipinski definition) is 6. The van der Waals surface area contributed by atoms with Crippen molar-refractivity contribution in [2.45, 2.75) is 33.2 Å². The third-order valence-electron chi connectivity index (χ3n) is 4.01. The molecule has 0 aliphatic carbocycles. The van der Waals surface area contributed by atoms with Crippen molar-refractivity contribution in [3.05, 3.63) is 51.3 Å². The zero-order valence-electron chi connectivity index (χ0n) is 14.2. The van der Waals surface area contributed by atoms with E-state index in [1.54, 1.807) is 38.1 Å². The van der Waals surface area contributed by atoms with E-state index >= 15 is 0 Å². The van der Waals surface area contributed by atoms with Gasteiger partial charge in [-0.05, 0) is 44.5 Å². The van der Waals surface area contributed by atoms with Gasteiger partial charge in [-0.3, -0.25) is 9.36 Å². The average molecular weight is 335 g/mol. The van der Waals surface area contributed by atoms with Crippen LogP contribution in [-0.4, -0.2) is 9.67 Å². The summed E-state index contributed by atoms with van der Waals surface area (Å²) in [6.45, 7) is 5.20. The van der Waals surface area contributed by atoms with Crippen LogP contribution in [0, 0.1) is 29.6 Å². The topological polar surface area (TPSA) is 115 Å². The van der Waals surface area contributed by atoms with E-state index in [0.717, 1.165) is 0 Å². The van der Waals surface area contributed by atoms with Crippen molar-refractivity contribution in [2.75, 3.05) is 0 Å². The molecular weight excluding hydrogens is 318 g/mol. The monoisotopic (exact) mass is 335 g/mol. The van der Waals surface area contributed by atoms with Crippen molar-refractivity contribution in [1.29, 1.82) is 10.5 Å². The third-order valence-corrected chi connectivity index (χ3v) is 4.01. The minimum atomic E-state index is -0.499. The van der Waals surface area contributed by atoms with E-state index in [1.165, 1.54) is 4.57 Å². The van der Waals surface area contributed by atoms with E-state index < -0.39 is 5.56 Å². The number of aromatic nitrogens is 1. The summed E-state index contributed by atoms with van der Waals surface area (Å²) >= 11 is 0. The van der Waals surface area contributed by atoms with E-state index in [4.69, 9.17) is 5.26 Å². The molecule has 1 heterocycles. The third kappa shape index (κ3) is 3.41. The lowest BCUT2D eigenvalue weighted by atomic mass is 10.1. The molecule has 7 nitrogen and oxygen atoms in total. The second kappa shape index (κ2) is 7.41. The van der Waals surface area contributed by atoms with Gasteiger partial charge in [-0.2, -0.15) is 15.6 Å². The van der Waals surface area contributed by atoms with Crippen molar-refractivity contribution in [3.8, 4) is 18.0 Å². The van der Waals surface area contributed by atoms with E-state index in [9.17, 15) is 15.2 Å². The summed E-state index contributed by atoms with van der Waals surface area (Å²) in [4.78, 5) is 12.7. The molecule has 1 unspecified atom stereocenters. The summed E-state index contributed by atoms with van der Waals surface area (Å²) in [7, 11) is 0. The van der Waals surface area contributed by atoms with Gasteiger partial charge in [-0.15, -0.1) is 5.11 Å². The molecule has 2 rings (SSSR count). The van der Waals surface area contributed by atoms with Gasteiger partial charge in [0.1, 0.15) is 11.6 Å². The molecule has 0 saturated carbocycles. The normalized spacial score (nSPS) is 11.9. The summed E-state index contributed by atoms with van der Waals surface area (Å²) in [6.07, 6.45) is 0.605. The molecule has 0 bridgehead atoms. The fraction of sp³-hybridized carbons (Fsp3) is 0.278. The summed E-state index contributed by atoms with van der Waals surface area (Å²) in [6, 6.07) is 10.0. The second-order valence-electron chi connectivity index (χ2n) is 5.58. The molecular formula is C18H17N5O2. The molecule has 0 fully saturated rings. The van der Waals surface area contributed by atoms with Crippen molar-refractivity contribution < 1.29 is 5.11 Å². The smallest absolute Gasteiger partial charge is 0.281 e. The first-order valence-corrected chi connectivity index (χ1v) is 7.74. The molecule has 1 aromatic heterocycles. The predicted octanol–water partition coefficient (Wildman–Crippen LogP) is 3.99. The minimum Gasteiger partial charge on any atom is -0.493 e. The number of rotatable bonds is 4. The lowest BCUT2D eigenvalue weighted by Gasteiger charge is -2.17. The Morgan fingerprint density at radius 1 is 1.20 bits per heavy atom. The molecule has 0 aliphatic rings. The molecule has 0 amide bonds. The van der Waals surface area contributed by atoms with Crippen LogP contribution in [0.15, 0.2) is 39.3 Å². The van der Waals surface area contributed by atoms with Gasteiger partial charge in [0.05, 0.1) is 17.3 Å². The molecule has 25 heavy (non-hydrogen) atoms. The predicted molar refractivity (Wildman–Crippen MR) is 92.2 cm³/mol. The van der Waals surface area contributed by atoms with Crippen molar-refractivity contribution in [3.63, 3.8) is 0 Å². The SMILES string of the molecule is CCC(C)n1c(O)c(C#N)c(C)c(N=Nc2ccc(C#N)cc2)c1=O. The van der Waals surface area contributed by atoms with Gasteiger partial charge in [-0.1, -0.05) is 6.92 Å². The van der Waals surface area contributed by atoms with Crippen molar-refractivity contribution >= 4 is 11.4 Å². The molecule has 7 heteroatoms. The fourth-order valence-electron chi connectivity index (χ4n) is 2.33. The number of nitrogens with zero attached hydrogens (tertiary/aromatic N) is 5. The van der Waals surface area contributed by atoms with Crippen LogP contribution in [0.2, 0.25) is 0 Å². The number of pyridine rings is 1. The quantitative estimate of drug-likeness (QED) is 0.850. The molecule has 0 aliphatic heterocycles. The Morgan fingerprint density at radius 2 is 1.84 bits per heavy atom. The largest absolute Gasteiger partial charge is 0.493 e. The number of aromatic hydroxyl groups is 1. The summed E-state index contributed by atoms with van der Waals surface area (Å²) in [5, 5.41) is 36.4.